The maximum absolute atomic E-state index is 13.6. The monoisotopic (exact) mass is 472 g/mol. The number of hydrogen-bond acceptors (Lipinski definition) is 7. The van der Waals surface area contributed by atoms with Crippen molar-refractivity contribution in [2.45, 2.75) is 19.5 Å². The van der Waals surface area contributed by atoms with Gasteiger partial charge in [0.15, 0.2) is 0 Å². The first-order chi connectivity index (χ1) is 16.9. The average molecular weight is 473 g/mol. The van der Waals surface area contributed by atoms with E-state index >= 15 is 0 Å². The highest BCUT2D eigenvalue weighted by molar-refractivity contribution is 6.06. The first-order valence-corrected chi connectivity index (χ1v) is 11.1. The lowest BCUT2D eigenvalue weighted by Crippen LogP contribution is -2.58. The van der Waals surface area contributed by atoms with Gasteiger partial charge in [0, 0.05) is 23.5 Å². The molecule has 178 valence electrons. The summed E-state index contributed by atoms with van der Waals surface area (Å²) in [5, 5.41) is 15.9. The average Bonchev–Trinajstić information content (AvgIpc) is 2.80. The topological polar surface area (TPSA) is 120 Å². The van der Waals surface area contributed by atoms with Crippen molar-refractivity contribution in [1.82, 2.24) is 9.97 Å². The van der Waals surface area contributed by atoms with Crippen LogP contribution in [0.25, 0.3) is 0 Å². The lowest BCUT2D eigenvalue weighted by molar-refractivity contribution is -0.111. The number of hydrogen-bond donors (Lipinski definition) is 3. The van der Waals surface area contributed by atoms with Crippen LogP contribution in [0, 0.1) is 6.92 Å². The number of aromatic hydroxyl groups is 1. The van der Waals surface area contributed by atoms with E-state index in [2.05, 4.69) is 27.2 Å². The fraction of sp³-hybridized carbons (Fsp3) is 0.200. The van der Waals surface area contributed by atoms with Crippen LogP contribution in [0.5, 0.6) is 5.75 Å². The van der Waals surface area contributed by atoms with Crippen molar-refractivity contribution < 1.29 is 19.4 Å². The molecule has 2 aliphatic rings. The second kappa shape index (κ2) is 9.07. The Kier molecular flexibility index (Phi) is 5.79. The minimum atomic E-state index is -0.338. The molecule has 3 heterocycles. The minimum absolute atomic E-state index is 0.0927. The van der Waals surface area contributed by atoms with Crippen molar-refractivity contribution in [2.24, 2.45) is 0 Å². The second-order valence-electron chi connectivity index (χ2n) is 8.36. The van der Waals surface area contributed by atoms with Gasteiger partial charge in [-0.3, -0.25) is 14.6 Å². The fourth-order valence-corrected chi connectivity index (χ4v) is 4.04. The molecule has 35 heavy (non-hydrogen) atoms. The third-order valence-electron chi connectivity index (χ3n) is 5.80. The number of ether oxygens (including phenoxy) is 1. The van der Waals surface area contributed by atoms with Crippen LogP contribution in [0.3, 0.4) is 0 Å². The number of nitrogens with one attached hydrogen (secondary N) is 2. The first-order valence-electron chi connectivity index (χ1n) is 11.1. The van der Waals surface area contributed by atoms with Gasteiger partial charge in [0.1, 0.15) is 11.6 Å². The zero-order chi connectivity index (χ0) is 24.5. The summed E-state index contributed by atoms with van der Waals surface area (Å²) >= 11 is 0. The van der Waals surface area contributed by atoms with Crippen molar-refractivity contribution in [3.8, 4) is 5.75 Å². The Balaban J connectivity index is 1.49. The van der Waals surface area contributed by atoms with Crippen LogP contribution in [-0.2, 0) is 16.1 Å². The van der Waals surface area contributed by atoms with Gasteiger partial charge < -0.3 is 20.5 Å². The summed E-state index contributed by atoms with van der Waals surface area (Å²) in [6, 6.07) is 11.8. The molecule has 0 atom stereocenters. The van der Waals surface area contributed by atoms with Gasteiger partial charge >= 0.3 is 6.03 Å². The van der Waals surface area contributed by atoms with E-state index in [4.69, 9.17) is 4.74 Å². The molecular formula is C25H24N6O4. The molecule has 5 rings (SSSR count). The Morgan fingerprint density at radius 2 is 2.00 bits per heavy atom. The smallest absolute Gasteiger partial charge is 0.330 e. The number of urea groups is 1. The zero-order valence-electron chi connectivity index (χ0n) is 19.1. The lowest BCUT2D eigenvalue weighted by atomic mass is 10.1. The number of phenols is 1. The van der Waals surface area contributed by atoms with Crippen LogP contribution >= 0.6 is 0 Å². The largest absolute Gasteiger partial charge is 0.508 e. The Labute approximate surface area is 201 Å². The number of anilines is 5. The molecule has 0 unspecified atom stereocenters. The molecule has 0 bridgehead atoms. The Hall–Kier alpha value is -4.44. The van der Waals surface area contributed by atoms with E-state index in [9.17, 15) is 14.7 Å². The van der Waals surface area contributed by atoms with Crippen molar-refractivity contribution >= 4 is 40.8 Å². The molecule has 2 aromatic carbocycles. The molecule has 0 spiro atoms. The molecule has 0 aliphatic carbocycles. The van der Waals surface area contributed by atoms with Gasteiger partial charge in [-0.1, -0.05) is 18.7 Å². The van der Waals surface area contributed by atoms with Crippen molar-refractivity contribution in [3.63, 3.8) is 0 Å². The van der Waals surface area contributed by atoms with E-state index in [0.717, 1.165) is 11.1 Å². The Bertz CT molecular complexity index is 1300. The van der Waals surface area contributed by atoms with Gasteiger partial charge in [0.25, 0.3) is 0 Å². The summed E-state index contributed by atoms with van der Waals surface area (Å²) in [6.45, 7) is 6.41. The van der Waals surface area contributed by atoms with Crippen LogP contribution < -0.4 is 20.4 Å². The number of fused-ring (bicyclic) bond motifs is 1. The van der Waals surface area contributed by atoms with E-state index in [1.165, 1.54) is 6.08 Å². The second-order valence-corrected chi connectivity index (χ2v) is 8.36. The molecule has 0 saturated carbocycles. The predicted octanol–water partition coefficient (Wildman–Crippen LogP) is 3.70. The number of carbonyl (C=O) groups excluding carboxylic acids is 2. The van der Waals surface area contributed by atoms with Crippen molar-refractivity contribution in [1.29, 1.82) is 0 Å². The summed E-state index contributed by atoms with van der Waals surface area (Å²) in [4.78, 5) is 37.7. The first kappa shape index (κ1) is 22.4. The van der Waals surface area contributed by atoms with Gasteiger partial charge in [-0.05, 0) is 42.8 Å². The molecule has 3 amide bonds. The van der Waals surface area contributed by atoms with Crippen molar-refractivity contribution in [3.05, 3.63) is 72.4 Å². The number of carbonyl (C=O) groups is 2. The van der Waals surface area contributed by atoms with Gasteiger partial charge in [-0.25, -0.2) is 9.78 Å². The van der Waals surface area contributed by atoms with Crippen LogP contribution in [0.1, 0.15) is 11.1 Å². The summed E-state index contributed by atoms with van der Waals surface area (Å²) in [5.74, 6) is 0.537. The zero-order valence-corrected chi connectivity index (χ0v) is 19.1. The molecule has 1 aromatic heterocycles. The molecule has 1 fully saturated rings. The summed E-state index contributed by atoms with van der Waals surface area (Å²) in [5.41, 5.74) is 3.34. The minimum Gasteiger partial charge on any atom is -0.508 e. The fourth-order valence-electron chi connectivity index (χ4n) is 4.04. The lowest BCUT2D eigenvalue weighted by Gasteiger charge is -2.43. The molecule has 10 nitrogen and oxygen atoms in total. The molecule has 3 N–H and O–H groups in total. The molecule has 10 heteroatoms. The highest BCUT2D eigenvalue weighted by Gasteiger charge is 2.40. The SMILES string of the molecule is C=CC(=O)Nc1ccccc1Nc1ncc2c(n1)N(C1COC1)C(=O)N(c1cc(C)cc(O)c1)C2. The number of amides is 3. The van der Waals surface area contributed by atoms with Crippen molar-refractivity contribution in [2.75, 3.05) is 33.6 Å². The van der Waals surface area contributed by atoms with E-state index < -0.39 is 0 Å². The van der Waals surface area contributed by atoms with Gasteiger partial charge in [-0.2, -0.15) is 4.98 Å². The summed E-state index contributed by atoms with van der Waals surface area (Å²) in [7, 11) is 0. The third kappa shape index (κ3) is 4.38. The quantitative estimate of drug-likeness (QED) is 0.468. The predicted molar refractivity (Wildman–Crippen MR) is 132 cm³/mol. The van der Waals surface area contributed by atoms with Crippen LogP contribution in [0.15, 0.2) is 61.3 Å². The van der Waals surface area contributed by atoms with E-state index in [1.54, 1.807) is 46.3 Å². The Morgan fingerprint density at radius 3 is 2.69 bits per heavy atom. The number of aryl methyl sites for hydroxylation is 1. The van der Waals surface area contributed by atoms with Gasteiger partial charge in [0.2, 0.25) is 11.9 Å². The number of phenolic OH excluding ortho intramolecular Hbond substituents is 1. The van der Waals surface area contributed by atoms with Gasteiger partial charge in [-0.15, -0.1) is 0 Å². The Morgan fingerprint density at radius 1 is 1.23 bits per heavy atom. The molecule has 3 aromatic rings. The number of benzene rings is 2. The summed E-state index contributed by atoms with van der Waals surface area (Å²) < 4.78 is 5.36. The van der Waals surface area contributed by atoms with Gasteiger partial charge in [0.05, 0.1) is 37.2 Å². The van der Waals surface area contributed by atoms with E-state index in [0.29, 0.717) is 36.1 Å². The van der Waals surface area contributed by atoms with Crippen LogP contribution in [0.4, 0.5) is 33.6 Å². The number of rotatable bonds is 6. The van der Waals surface area contributed by atoms with Crippen LogP contribution in [-0.4, -0.2) is 46.3 Å². The molecule has 1 saturated heterocycles. The third-order valence-corrected chi connectivity index (χ3v) is 5.80. The van der Waals surface area contributed by atoms with E-state index in [-0.39, 0.29) is 36.2 Å². The van der Waals surface area contributed by atoms with E-state index in [1.807, 2.05) is 19.1 Å². The molecule has 0 radical (unpaired) electrons. The number of para-hydroxylation sites is 2. The maximum Gasteiger partial charge on any atom is 0.330 e. The highest BCUT2D eigenvalue weighted by atomic mass is 16.5. The number of nitrogens with zero attached hydrogens (tertiary/aromatic N) is 4. The number of aromatic nitrogens is 2. The molecular weight excluding hydrogens is 448 g/mol. The van der Waals surface area contributed by atoms with Crippen LogP contribution in [0.2, 0.25) is 0 Å². The highest BCUT2D eigenvalue weighted by Crippen LogP contribution is 2.35. The molecule has 2 aliphatic heterocycles. The normalized spacial score (nSPS) is 15.3. The standard InChI is InChI=1S/C25H24N6O4/c1-3-22(33)27-20-6-4-5-7-21(20)28-24-26-11-16-12-30(17-8-15(2)9-19(32)10-17)25(34)31(23(16)29-24)18-13-35-14-18/h3-11,18,32H,1,12-14H2,2H3,(H,27,33)(H,26,28,29). The summed E-state index contributed by atoms with van der Waals surface area (Å²) in [6.07, 6.45) is 2.87. The maximum atomic E-state index is 13.6.